The van der Waals surface area contributed by atoms with Gasteiger partial charge in [0.2, 0.25) is 0 Å². The van der Waals surface area contributed by atoms with E-state index in [1.165, 1.54) is 18.2 Å². The van der Waals surface area contributed by atoms with Crippen LogP contribution in [0.4, 0.5) is 5.69 Å². The van der Waals surface area contributed by atoms with Crippen molar-refractivity contribution >= 4 is 16.6 Å². The van der Waals surface area contributed by atoms with Crippen LogP contribution in [-0.2, 0) is 6.54 Å². The van der Waals surface area contributed by atoms with Crippen molar-refractivity contribution in [2.24, 2.45) is 0 Å². The molecule has 1 N–H and O–H groups in total. The van der Waals surface area contributed by atoms with E-state index < -0.39 is 16.2 Å². The molecule has 0 fully saturated rings. The predicted molar refractivity (Wildman–Crippen MR) is 70.4 cm³/mol. The molecule has 1 aromatic carbocycles. The first-order chi connectivity index (χ1) is 9.04. The summed E-state index contributed by atoms with van der Waals surface area (Å²) in [6, 6.07) is 3.82. The smallest absolute Gasteiger partial charge is 0.307 e. The Hall–Kier alpha value is -2.44. The first-order valence-electron chi connectivity index (χ1n) is 5.96. The predicted octanol–water partition coefficient (Wildman–Crippen LogP) is 1.40. The van der Waals surface area contributed by atoms with Gasteiger partial charge in [-0.1, -0.05) is 13.3 Å². The maximum Gasteiger partial charge on any atom is 0.328 e. The molecule has 1 heterocycles. The minimum absolute atomic E-state index is 0.157. The number of unbranched alkanes of at least 4 members (excludes halogenated alkanes) is 1. The van der Waals surface area contributed by atoms with Gasteiger partial charge in [0.1, 0.15) is 0 Å². The van der Waals surface area contributed by atoms with Gasteiger partial charge in [-0.2, -0.15) is 0 Å². The van der Waals surface area contributed by atoms with Crippen molar-refractivity contribution in [3.05, 3.63) is 49.2 Å². The lowest BCUT2D eigenvalue weighted by Gasteiger charge is -2.05. The number of fused-ring (bicyclic) bond motifs is 1. The van der Waals surface area contributed by atoms with Crippen LogP contribution in [0.5, 0.6) is 0 Å². The van der Waals surface area contributed by atoms with Crippen molar-refractivity contribution in [3.63, 3.8) is 0 Å². The van der Waals surface area contributed by atoms with E-state index in [2.05, 4.69) is 4.98 Å². The molecule has 0 unspecified atom stereocenters. The molecule has 0 atom stereocenters. The van der Waals surface area contributed by atoms with Gasteiger partial charge in [-0.25, -0.2) is 4.79 Å². The van der Waals surface area contributed by atoms with Gasteiger partial charge in [-0.15, -0.1) is 0 Å². The molecule has 0 amide bonds. The van der Waals surface area contributed by atoms with Crippen molar-refractivity contribution in [2.45, 2.75) is 26.3 Å². The van der Waals surface area contributed by atoms with Gasteiger partial charge >= 0.3 is 5.69 Å². The van der Waals surface area contributed by atoms with Crippen LogP contribution in [0.15, 0.2) is 27.8 Å². The zero-order chi connectivity index (χ0) is 14.0. The summed E-state index contributed by atoms with van der Waals surface area (Å²) in [4.78, 5) is 36.6. The zero-order valence-corrected chi connectivity index (χ0v) is 10.4. The van der Waals surface area contributed by atoms with Crippen LogP contribution in [0.1, 0.15) is 19.8 Å². The second-order valence-electron chi connectivity index (χ2n) is 4.23. The van der Waals surface area contributed by atoms with Gasteiger partial charge in [0.05, 0.1) is 15.8 Å². The number of hydrogen-bond acceptors (Lipinski definition) is 4. The fourth-order valence-corrected chi connectivity index (χ4v) is 1.87. The molecular formula is C12H13N3O4. The number of rotatable bonds is 4. The Balaban J connectivity index is 2.69. The topological polar surface area (TPSA) is 98.0 Å². The highest BCUT2D eigenvalue weighted by Gasteiger charge is 2.12. The number of nitrogens with one attached hydrogen (secondary N) is 1. The largest absolute Gasteiger partial charge is 0.328 e. The van der Waals surface area contributed by atoms with E-state index in [0.717, 1.165) is 11.0 Å². The zero-order valence-electron chi connectivity index (χ0n) is 10.4. The number of benzene rings is 1. The molecule has 0 aliphatic rings. The van der Waals surface area contributed by atoms with Gasteiger partial charge < -0.3 is 4.98 Å². The van der Waals surface area contributed by atoms with E-state index in [9.17, 15) is 19.7 Å². The van der Waals surface area contributed by atoms with Crippen LogP contribution in [0, 0.1) is 10.1 Å². The highest BCUT2D eigenvalue weighted by molar-refractivity contribution is 5.79. The Morgan fingerprint density at radius 2 is 2.11 bits per heavy atom. The number of hydrogen-bond donors (Lipinski definition) is 1. The van der Waals surface area contributed by atoms with Crippen LogP contribution in [0.3, 0.4) is 0 Å². The minimum atomic E-state index is -0.569. The van der Waals surface area contributed by atoms with Crippen LogP contribution in [0.25, 0.3) is 10.9 Å². The minimum Gasteiger partial charge on any atom is -0.307 e. The molecule has 7 nitrogen and oxygen atoms in total. The Labute approximate surface area is 107 Å². The number of nitro benzene ring substituents is 1. The van der Waals surface area contributed by atoms with Crippen LogP contribution < -0.4 is 11.2 Å². The summed E-state index contributed by atoms with van der Waals surface area (Å²) in [7, 11) is 0. The van der Waals surface area contributed by atoms with Crippen molar-refractivity contribution in [3.8, 4) is 0 Å². The fourth-order valence-electron chi connectivity index (χ4n) is 1.87. The summed E-state index contributed by atoms with van der Waals surface area (Å²) < 4.78 is 1.08. The Kier molecular flexibility index (Phi) is 3.46. The van der Waals surface area contributed by atoms with Crippen LogP contribution in [-0.4, -0.2) is 14.5 Å². The number of nitro groups is 1. The monoisotopic (exact) mass is 263 g/mol. The summed E-state index contributed by atoms with van der Waals surface area (Å²) in [5, 5.41) is 10.9. The van der Waals surface area contributed by atoms with Crippen molar-refractivity contribution in [1.29, 1.82) is 0 Å². The molecule has 0 bridgehead atoms. The Bertz CT molecular complexity index is 745. The maximum absolute atomic E-state index is 12.2. The van der Waals surface area contributed by atoms with Gasteiger partial charge in [0.25, 0.3) is 11.2 Å². The number of non-ortho nitro benzene ring substituents is 1. The summed E-state index contributed by atoms with van der Waals surface area (Å²) >= 11 is 0. The van der Waals surface area contributed by atoms with E-state index in [-0.39, 0.29) is 11.1 Å². The molecule has 2 aromatic rings. The van der Waals surface area contributed by atoms with E-state index in [0.29, 0.717) is 18.5 Å². The lowest BCUT2D eigenvalue weighted by atomic mass is 10.2. The van der Waals surface area contributed by atoms with E-state index in [1.54, 1.807) is 0 Å². The number of nitrogens with zero attached hydrogens (tertiary/aromatic N) is 2. The number of aromatic amines is 1. The standard InChI is InChI=1S/C12H13N3O4/c1-2-3-6-14-11(16)9-7-8(15(18)19)4-5-10(9)13-12(14)17/h4-5,7H,2-3,6H2,1H3,(H,13,17). The molecule has 1 aromatic heterocycles. The molecule has 2 rings (SSSR count). The Morgan fingerprint density at radius 1 is 1.37 bits per heavy atom. The van der Waals surface area contributed by atoms with Crippen molar-refractivity contribution in [2.75, 3.05) is 0 Å². The lowest BCUT2D eigenvalue weighted by Crippen LogP contribution is -2.35. The Morgan fingerprint density at radius 3 is 2.74 bits per heavy atom. The normalized spacial score (nSPS) is 10.8. The highest BCUT2D eigenvalue weighted by atomic mass is 16.6. The van der Waals surface area contributed by atoms with E-state index in [1.807, 2.05) is 6.92 Å². The molecule has 0 aliphatic carbocycles. The average Bonchev–Trinajstić information content (AvgIpc) is 2.38. The highest BCUT2D eigenvalue weighted by Crippen LogP contribution is 2.15. The average molecular weight is 263 g/mol. The summed E-state index contributed by atoms with van der Waals surface area (Å²) in [6.07, 6.45) is 1.54. The van der Waals surface area contributed by atoms with E-state index >= 15 is 0 Å². The third kappa shape index (κ3) is 2.40. The third-order valence-corrected chi connectivity index (χ3v) is 2.91. The van der Waals surface area contributed by atoms with Crippen LogP contribution >= 0.6 is 0 Å². The number of aromatic nitrogens is 2. The van der Waals surface area contributed by atoms with Crippen molar-refractivity contribution < 1.29 is 4.92 Å². The maximum atomic E-state index is 12.2. The molecule has 100 valence electrons. The third-order valence-electron chi connectivity index (χ3n) is 2.91. The van der Waals surface area contributed by atoms with Gasteiger partial charge in [-0.05, 0) is 12.5 Å². The van der Waals surface area contributed by atoms with Gasteiger partial charge in [0, 0.05) is 18.7 Å². The molecule has 7 heteroatoms. The molecule has 0 aliphatic heterocycles. The first-order valence-corrected chi connectivity index (χ1v) is 5.96. The van der Waals surface area contributed by atoms with Gasteiger partial charge in [0.15, 0.2) is 0 Å². The summed E-state index contributed by atoms with van der Waals surface area (Å²) in [5.74, 6) is 0. The summed E-state index contributed by atoms with van der Waals surface area (Å²) in [5.41, 5.74) is -0.831. The molecule has 19 heavy (non-hydrogen) atoms. The first kappa shape index (κ1) is 13.0. The lowest BCUT2D eigenvalue weighted by molar-refractivity contribution is -0.384. The molecule has 0 radical (unpaired) electrons. The van der Waals surface area contributed by atoms with Gasteiger partial charge in [-0.3, -0.25) is 19.5 Å². The summed E-state index contributed by atoms with van der Waals surface area (Å²) in [6.45, 7) is 2.26. The second-order valence-corrected chi connectivity index (χ2v) is 4.23. The van der Waals surface area contributed by atoms with Crippen LogP contribution in [0.2, 0.25) is 0 Å². The molecule has 0 spiro atoms. The molecule has 0 saturated heterocycles. The SMILES string of the molecule is CCCCn1c(=O)[nH]c2ccc([N+](=O)[O-])cc2c1=O. The van der Waals surface area contributed by atoms with E-state index in [4.69, 9.17) is 0 Å². The second kappa shape index (κ2) is 5.05. The number of H-pyrrole nitrogens is 1. The molecule has 0 saturated carbocycles. The molecular weight excluding hydrogens is 250 g/mol. The quantitative estimate of drug-likeness (QED) is 0.665. The fraction of sp³-hybridized carbons (Fsp3) is 0.333. The van der Waals surface area contributed by atoms with Crippen molar-refractivity contribution in [1.82, 2.24) is 9.55 Å².